The number of carboxylic acids is 1. The highest BCUT2D eigenvalue weighted by atomic mass is 35.5. The van der Waals surface area contributed by atoms with E-state index in [9.17, 15) is 4.79 Å². The van der Waals surface area contributed by atoms with Crippen LogP contribution in [0.4, 0.5) is 0 Å². The molecule has 1 aromatic heterocycles. The molecular weight excluding hydrogens is 258 g/mol. The number of carbonyl (C=O) groups is 1. The van der Waals surface area contributed by atoms with Crippen molar-refractivity contribution >= 4 is 28.9 Å². The SMILES string of the molecule is CCC(=CCN(C)Cc1ccc(Cl)s1)C(=O)O. The van der Waals surface area contributed by atoms with Crippen LogP contribution < -0.4 is 0 Å². The standard InChI is InChI=1S/C12H16ClNO2S/c1-3-9(12(15)16)6-7-14(2)8-10-4-5-11(13)17-10/h4-6H,3,7-8H2,1-2H3,(H,15,16). The van der Waals surface area contributed by atoms with Crippen LogP contribution in [-0.4, -0.2) is 29.6 Å². The number of thiophene rings is 1. The van der Waals surface area contributed by atoms with Gasteiger partial charge in [-0.3, -0.25) is 4.90 Å². The molecule has 0 aliphatic rings. The van der Waals surface area contributed by atoms with E-state index < -0.39 is 5.97 Å². The van der Waals surface area contributed by atoms with E-state index in [1.165, 1.54) is 4.88 Å². The van der Waals surface area contributed by atoms with E-state index in [4.69, 9.17) is 16.7 Å². The quantitative estimate of drug-likeness (QED) is 0.809. The van der Waals surface area contributed by atoms with Gasteiger partial charge < -0.3 is 5.11 Å². The topological polar surface area (TPSA) is 40.5 Å². The summed E-state index contributed by atoms with van der Waals surface area (Å²) >= 11 is 7.39. The number of carboxylic acid groups (broad SMARTS) is 1. The lowest BCUT2D eigenvalue weighted by atomic mass is 10.2. The number of halogens is 1. The van der Waals surface area contributed by atoms with Gasteiger partial charge in [0.1, 0.15) is 0 Å². The molecule has 3 nitrogen and oxygen atoms in total. The average molecular weight is 274 g/mol. The number of nitrogens with zero attached hydrogens (tertiary/aromatic N) is 1. The van der Waals surface area contributed by atoms with Gasteiger partial charge in [-0.05, 0) is 25.6 Å². The lowest BCUT2D eigenvalue weighted by Crippen LogP contribution is -2.18. The van der Waals surface area contributed by atoms with Crippen LogP contribution in [-0.2, 0) is 11.3 Å². The first-order valence-corrected chi connectivity index (χ1v) is 6.57. The number of aliphatic carboxylic acids is 1. The Morgan fingerprint density at radius 3 is 2.76 bits per heavy atom. The van der Waals surface area contributed by atoms with Crippen LogP contribution in [0, 0.1) is 0 Å². The van der Waals surface area contributed by atoms with Crippen LogP contribution >= 0.6 is 22.9 Å². The third-order valence-corrected chi connectivity index (χ3v) is 3.58. The summed E-state index contributed by atoms with van der Waals surface area (Å²) in [4.78, 5) is 14.0. The molecule has 5 heteroatoms. The zero-order chi connectivity index (χ0) is 12.8. The van der Waals surface area contributed by atoms with Crippen molar-refractivity contribution in [1.29, 1.82) is 0 Å². The van der Waals surface area contributed by atoms with Crippen molar-refractivity contribution in [3.8, 4) is 0 Å². The minimum Gasteiger partial charge on any atom is -0.478 e. The molecule has 1 N–H and O–H groups in total. The fourth-order valence-electron chi connectivity index (χ4n) is 1.42. The van der Waals surface area contributed by atoms with Crippen molar-refractivity contribution in [3.05, 3.63) is 33.0 Å². The van der Waals surface area contributed by atoms with Gasteiger partial charge in [-0.2, -0.15) is 0 Å². The molecule has 0 radical (unpaired) electrons. The van der Waals surface area contributed by atoms with E-state index in [1.807, 2.05) is 26.1 Å². The summed E-state index contributed by atoms with van der Waals surface area (Å²) in [6.07, 6.45) is 2.31. The Balaban J connectivity index is 2.49. The maximum absolute atomic E-state index is 10.8. The van der Waals surface area contributed by atoms with Crippen LogP contribution in [0.25, 0.3) is 0 Å². The maximum atomic E-state index is 10.8. The van der Waals surface area contributed by atoms with E-state index in [1.54, 1.807) is 17.4 Å². The van der Waals surface area contributed by atoms with E-state index in [0.29, 0.717) is 18.5 Å². The molecule has 0 aliphatic heterocycles. The van der Waals surface area contributed by atoms with Crippen molar-refractivity contribution < 1.29 is 9.90 Å². The van der Waals surface area contributed by atoms with Crippen molar-refractivity contribution in [3.63, 3.8) is 0 Å². The molecule has 1 aromatic rings. The van der Waals surface area contributed by atoms with Gasteiger partial charge in [0, 0.05) is 23.5 Å². The number of rotatable bonds is 6. The molecule has 1 heterocycles. The first-order valence-electron chi connectivity index (χ1n) is 5.38. The third-order valence-electron chi connectivity index (χ3n) is 2.36. The largest absolute Gasteiger partial charge is 0.478 e. The van der Waals surface area contributed by atoms with Gasteiger partial charge in [-0.1, -0.05) is 24.6 Å². The van der Waals surface area contributed by atoms with Gasteiger partial charge >= 0.3 is 5.97 Å². The van der Waals surface area contributed by atoms with Crippen molar-refractivity contribution in [1.82, 2.24) is 4.90 Å². The van der Waals surface area contributed by atoms with Crippen LogP contribution in [0.5, 0.6) is 0 Å². The Hall–Kier alpha value is -0.840. The fourth-order valence-corrected chi connectivity index (χ4v) is 2.58. The predicted molar refractivity (Wildman–Crippen MR) is 71.7 cm³/mol. The maximum Gasteiger partial charge on any atom is 0.331 e. The smallest absolute Gasteiger partial charge is 0.331 e. The second-order valence-electron chi connectivity index (χ2n) is 3.79. The Labute approximate surface area is 110 Å². The minimum absolute atomic E-state index is 0.459. The van der Waals surface area contributed by atoms with Crippen molar-refractivity contribution in [2.45, 2.75) is 19.9 Å². The van der Waals surface area contributed by atoms with Gasteiger partial charge in [0.2, 0.25) is 0 Å². The fraction of sp³-hybridized carbons (Fsp3) is 0.417. The summed E-state index contributed by atoms with van der Waals surface area (Å²) < 4.78 is 0.781. The summed E-state index contributed by atoms with van der Waals surface area (Å²) in [5.74, 6) is -0.833. The molecule has 0 bridgehead atoms. The molecule has 0 unspecified atom stereocenters. The van der Waals surface area contributed by atoms with Gasteiger partial charge in [0.25, 0.3) is 0 Å². The molecule has 0 saturated heterocycles. The van der Waals surface area contributed by atoms with Gasteiger partial charge in [-0.15, -0.1) is 11.3 Å². The van der Waals surface area contributed by atoms with Crippen LogP contribution in [0.2, 0.25) is 4.34 Å². The van der Waals surface area contributed by atoms with Crippen LogP contribution in [0.1, 0.15) is 18.2 Å². The lowest BCUT2D eigenvalue weighted by molar-refractivity contribution is -0.132. The molecule has 0 saturated carbocycles. The molecule has 17 heavy (non-hydrogen) atoms. The van der Waals surface area contributed by atoms with E-state index in [-0.39, 0.29) is 0 Å². The molecular formula is C12H16ClNO2S. The van der Waals surface area contributed by atoms with E-state index in [2.05, 4.69) is 4.90 Å². The van der Waals surface area contributed by atoms with Crippen LogP contribution in [0.15, 0.2) is 23.8 Å². The summed E-state index contributed by atoms with van der Waals surface area (Å²) in [6, 6.07) is 3.87. The third kappa shape index (κ3) is 4.89. The Morgan fingerprint density at radius 2 is 2.29 bits per heavy atom. The summed E-state index contributed by atoms with van der Waals surface area (Å²) in [5, 5.41) is 8.88. The molecule has 0 fully saturated rings. The second-order valence-corrected chi connectivity index (χ2v) is 5.59. The van der Waals surface area contributed by atoms with Crippen LogP contribution in [0.3, 0.4) is 0 Å². The lowest BCUT2D eigenvalue weighted by Gasteiger charge is -2.13. The molecule has 0 amide bonds. The minimum atomic E-state index is -0.833. The van der Waals surface area contributed by atoms with Crippen molar-refractivity contribution in [2.75, 3.05) is 13.6 Å². The Kier molecular flexibility index (Phi) is 5.68. The molecule has 0 aliphatic carbocycles. The molecule has 94 valence electrons. The monoisotopic (exact) mass is 273 g/mol. The predicted octanol–water partition coefficient (Wildman–Crippen LogP) is 3.25. The first-order chi connectivity index (χ1) is 8.02. The average Bonchev–Trinajstić information content (AvgIpc) is 2.64. The van der Waals surface area contributed by atoms with Gasteiger partial charge in [0.15, 0.2) is 0 Å². The Bertz CT molecular complexity index is 414. The normalized spacial score (nSPS) is 12.1. The number of hydrogen-bond acceptors (Lipinski definition) is 3. The second kappa shape index (κ2) is 6.79. The van der Waals surface area contributed by atoms with E-state index in [0.717, 1.165) is 10.9 Å². The molecule has 0 atom stereocenters. The first kappa shape index (κ1) is 14.2. The highest BCUT2D eigenvalue weighted by molar-refractivity contribution is 7.16. The molecule has 0 aromatic carbocycles. The zero-order valence-electron chi connectivity index (χ0n) is 9.94. The number of likely N-dealkylation sites (N-methyl/N-ethyl adjacent to an activating group) is 1. The van der Waals surface area contributed by atoms with Crippen molar-refractivity contribution in [2.24, 2.45) is 0 Å². The number of hydrogen-bond donors (Lipinski definition) is 1. The molecule has 1 rings (SSSR count). The Morgan fingerprint density at radius 1 is 1.59 bits per heavy atom. The van der Waals surface area contributed by atoms with E-state index >= 15 is 0 Å². The summed E-state index contributed by atoms with van der Waals surface area (Å²) in [7, 11) is 1.96. The summed E-state index contributed by atoms with van der Waals surface area (Å²) in [6.45, 7) is 3.26. The summed E-state index contributed by atoms with van der Waals surface area (Å²) in [5.41, 5.74) is 0.459. The highest BCUT2D eigenvalue weighted by Crippen LogP contribution is 2.22. The van der Waals surface area contributed by atoms with Gasteiger partial charge in [0.05, 0.1) is 4.34 Å². The molecule has 0 spiro atoms. The van der Waals surface area contributed by atoms with Gasteiger partial charge in [-0.25, -0.2) is 4.79 Å². The highest BCUT2D eigenvalue weighted by Gasteiger charge is 2.06. The zero-order valence-corrected chi connectivity index (χ0v) is 11.5.